The van der Waals surface area contributed by atoms with E-state index in [0.29, 0.717) is 53.2 Å². The second kappa shape index (κ2) is 13.6. The average molecular weight is 670 g/mol. The second-order valence-electron chi connectivity index (χ2n) is 15.2. The van der Waals surface area contributed by atoms with Gasteiger partial charge in [0.2, 0.25) is 5.95 Å². The van der Waals surface area contributed by atoms with E-state index in [4.69, 9.17) is 4.74 Å². The first-order chi connectivity index (χ1) is 22.8. The van der Waals surface area contributed by atoms with Gasteiger partial charge in [-0.3, -0.25) is 0 Å². The van der Waals surface area contributed by atoms with Gasteiger partial charge in [-0.2, -0.15) is 10.2 Å². The quantitative estimate of drug-likeness (QED) is 0.253. The molecule has 4 saturated carbocycles. The van der Waals surface area contributed by atoms with Crippen molar-refractivity contribution in [1.82, 2.24) is 20.2 Å². The smallest absolute Gasteiger partial charge is 0.444 e. The van der Waals surface area contributed by atoms with Crippen molar-refractivity contribution in [1.29, 1.82) is 5.26 Å². The molecule has 1 aromatic carbocycles. The van der Waals surface area contributed by atoms with Crippen molar-refractivity contribution in [3.8, 4) is 11.8 Å². The normalized spacial score (nSPS) is 27.0. The average Bonchev–Trinajstić information content (AvgIpc) is 3.01. The summed E-state index contributed by atoms with van der Waals surface area (Å²) in [6.07, 6.45) is 4.29. The third-order valence-corrected chi connectivity index (χ3v) is 10.5. The topological polar surface area (TPSA) is 124 Å². The molecular formula is C35H46F3N7O3. The van der Waals surface area contributed by atoms with Crippen molar-refractivity contribution >= 4 is 17.9 Å². The molecule has 48 heavy (non-hydrogen) atoms. The summed E-state index contributed by atoms with van der Waals surface area (Å²) in [5.41, 5.74) is 0.277. The van der Waals surface area contributed by atoms with Crippen molar-refractivity contribution in [2.45, 2.75) is 90.3 Å². The van der Waals surface area contributed by atoms with Gasteiger partial charge >= 0.3 is 12.5 Å². The standard InChI is InChI=1S/C35H46F3N7O3/c1-33(2,3)48-32(46)45-10-8-22(9-11-45)18-40-29-25-12-23-13-26(29)16-34(14-23,15-25)21-43-30-27(17-39)20-42-31(44-30)41-19-24-6-4-5-7-28(24)47-35(36,37)38/h4-7,20,22-23,25-26,29,40H,8-16,18-19,21H2,1-3H3,(H2,41,42,43,44)/t23?,25-,26+,29-,34-. The maximum absolute atomic E-state index is 12.9. The number of nitrogens with one attached hydrogen (secondary N) is 3. The molecule has 260 valence electrons. The van der Waals surface area contributed by atoms with Crippen molar-refractivity contribution in [2.24, 2.45) is 29.1 Å². The summed E-state index contributed by atoms with van der Waals surface area (Å²) in [5, 5.41) is 20.2. The number of hydrogen-bond acceptors (Lipinski definition) is 9. The number of benzene rings is 1. The number of anilines is 2. The fraction of sp³-hybridized carbons (Fsp3) is 0.657. The van der Waals surface area contributed by atoms with Crippen molar-refractivity contribution in [3.05, 3.63) is 41.6 Å². The molecule has 1 aliphatic heterocycles. The molecule has 13 heteroatoms. The van der Waals surface area contributed by atoms with Crippen LogP contribution < -0.4 is 20.7 Å². The van der Waals surface area contributed by atoms with E-state index < -0.39 is 12.0 Å². The summed E-state index contributed by atoms with van der Waals surface area (Å²) in [4.78, 5) is 23.1. The van der Waals surface area contributed by atoms with Crippen LogP contribution in [-0.2, 0) is 11.3 Å². The molecule has 5 fully saturated rings. The van der Waals surface area contributed by atoms with Crippen LogP contribution in [0.1, 0.15) is 76.8 Å². The Morgan fingerprint density at radius 2 is 1.79 bits per heavy atom. The highest BCUT2D eigenvalue weighted by Crippen LogP contribution is 2.60. The monoisotopic (exact) mass is 669 g/mol. The largest absolute Gasteiger partial charge is 0.573 e. The van der Waals surface area contributed by atoms with E-state index in [1.807, 2.05) is 25.7 Å². The Kier molecular flexibility index (Phi) is 9.67. The first-order valence-corrected chi connectivity index (χ1v) is 17.1. The molecule has 5 atom stereocenters. The van der Waals surface area contributed by atoms with E-state index in [2.05, 4.69) is 36.7 Å². The van der Waals surface area contributed by atoms with Crippen molar-refractivity contribution < 1.29 is 27.4 Å². The third-order valence-electron chi connectivity index (χ3n) is 10.5. The van der Waals surface area contributed by atoms with Gasteiger partial charge in [-0.15, -0.1) is 13.2 Å². The molecule has 4 bridgehead atoms. The van der Waals surface area contributed by atoms with E-state index in [0.717, 1.165) is 51.7 Å². The fourth-order valence-corrected chi connectivity index (χ4v) is 8.69. The number of hydrogen-bond donors (Lipinski definition) is 3. The van der Waals surface area contributed by atoms with Crippen LogP contribution in [0.4, 0.5) is 29.7 Å². The molecule has 2 aromatic rings. The minimum atomic E-state index is -4.80. The molecule has 10 nitrogen and oxygen atoms in total. The molecule has 0 spiro atoms. The van der Waals surface area contributed by atoms with E-state index >= 15 is 0 Å². The minimum absolute atomic E-state index is 0.0177. The van der Waals surface area contributed by atoms with Crippen LogP contribution in [0.3, 0.4) is 0 Å². The molecule has 1 aromatic heterocycles. The number of rotatable bonds is 10. The van der Waals surface area contributed by atoms with Gasteiger partial charge in [0, 0.05) is 37.8 Å². The predicted molar refractivity (Wildman–Crippen MR) is 174 cm³/mol. The van der Waals surface area contributed by atoms with E-state index in [-0.39, 0.29) is 29.8 Å². The number of ether oxygens (including phenoxy) is 2. The summed E-state index contributed by atoms with van der Waals surface area (Å²) < 4.78 is 48.3. The van der Waals surface area contributed by atoms with Gasteiger partial charge in [-0.05, 0) is 107 Å². The molecule has 0 radical (unpaired) electrons. The van der Waals surface area contributed by atoms with Gasteiger partial charge in [0.15, 0.2) is 0 Å². The zero-order valence-corrected chi connectivity index (χ0v) is 27.9. The van der Waals surface area contributed by atoms with Gasteiger partial charge in [-0.1, -0.05) is 18.2 Å². The Balaban J connectivity index is 1.02. The Hall–Kier alpha value is -3.79. The summed E-state index contributed by atoms with van der Waals surface area (Å²) in [6, 6.07) is 8.59. The fourth-order valence-electron chi connectivity index (χ4n) is 8.69. The number of halogens is 3. The van der Waals surface area contributed by atoms with Gasteiger partial charge in [0.05, 0.1) is 6.20 Å². The van der Waals surface area contributed by atoms with Crippen molar-refractivity contribution in [3.63, 3.8) is 0 Å². The first kappa shape index (κ1) is 34.1. The summed E-state index contributed by atoms with van der Waals surface area (Å²) in [6.45, 7) is 8.87. The lowest BCUT2D eigenvalue weighted by Crippen LogP contribution is -2.60. The van der Waals surface area contributed by atoms with Gasteiger partial charge in [0.1, 0.15) is 28.8 Å². The van der Waals surface area contributed by atoms with Crippen molar-refractivity contribution in [2.75, 3.05) is 36.8 Å². The number of para-hydroxylation sites is 1. The molecule has 7 rings (SSSR count). The molecule has 4 aliphatic carbocycles. The Morgan fingerprint density at radius 3 is 2.46 bits per heavy atom. The summed E-state index contributed by atoms with van der Waals surface area (Å²) in [7, 11) is 0. The van der Waals surface area contributed by atoms with E-state index in [9.17, 15) is 23.2 Å². The summed E-state index contributed by atoms with van der Waals surface area (Å²) in [5.74, 6) is 2.82. The molecule has 2 heterocycles. The van der Waals surface area contributed by atoms with E-state index in [1.54, 1.807) is 12.1 Å². The molecule has 5 aliphatic rings. The van der Waals surface area contributed by atoms with Crippen LogP contribution in [0.15, 0.2) is 30.5 Å². The highest BCUT2D eigenvalue weighted by atomic mass is 19.4. The number of alkyl halides is 3. The van der Waals surface area contributed by atoms with Gasteiger partial charge < -0.3 is 30.3 Å². The highest BCUT2D eigenvalue weighted by molar-refractivity contribution is 5.68. The number of carbonyl (C=O) groups is 1. The molecule has 1 amide bonds. The SMILES string of the molecule is CC(C)(C)OC(=O)N1CCC(CN[C@@H]2[C@@H]3CC4C[C@H]2C[C@@](CNc2nc(NCc5ccccc5OC(F)(F)F)ncc2C#N)(C4)C3)CC1. The number of likely N-dealkylation sites (tertiary alicyclic amines) is 1. The van der Waals surface area contributed by atoms with Crippen LogP contribution in [0.25, 0.3) is 0 Å². The first-order valence-electron chi connectivity index (χ1n) is 17.1. The molecule has 1 saturated heterocycles. The van der Waals surface area contributed by atoms with Gasteiger partial charge in [0.25, 0.3) is 0 Å². The Morgan fingerprint density at radius 1 is 1.08 bits per heavy atom. The predicted octanol–water partition coefficient (Wildman–Crippen LogP) is 6.70. The highest BCUT2D eigenvalue weighted by Gasteiger charge is 2.55. The Labute approximate surface area is 280 Å². The maximum atomic E-state index is 12.9. The number of aromatic nitrogens is 2. The lowest BCUT2D eigenvalue weighted by molar-refractivity contribution is -0.274. The number of piperidine rings is 1. The van der Waals surface area contributed by atoms with E-state index in [1.165, 1.54) is 31.2 Å². The third kappa shape index (κ3) is 8.25. The van der Waals surface area contributed by atoms with Crippen LogP contribution >= 0.6 is 0 Å². The van der Waals surface area contributed by atoms with Crippen LogP contribution in [0.5, 0.6) is 5.75 Å². The lowest BCUT2D eigenvalue weighted by atomic mass is 9.48. The zero-order chi connectivity index (χ0) is 34.1. The summed E-state index contributed by atoms with van der Waals surface area (Å²) >= 11 is 0. The second-order valence-corrected chi connectivity index (χ2v) is 15.2. The van der Waals surface area contributed by atoms with Gasteiger partial charge in [-0.25, -0.2) is 9.78 Å². The Bertz CT molecular complexity index is 1480. The number of carbonyl (C=O) groups excluding carboxylic acids is 1. The number of nitriles is 1. The maximum Gasteiger partial charge on any atom is 0.573 e. The van der Waals surface area contributed by atoms with Crippen LogP contribution in [0.2, 0.25) is 0 Å². The zero-order valence-electron chi connectivity index (χ0n) is 27.9. The molecular weight excluding hydrogens is 623 g/mol. The number of nitrogens with zero attached hydrogens (tertiary/aromatic N) is 4. The molecule has 3 N–H and O–H groups in total. The number of amides is 1. The minimum Gasteiger partial charge on any atom is -0.444 e. The van der Waals surface area contributed by atoms with Crippen LogP contribution in [-0.4, -0.2) is 65.1 Å². The van der Waals surface area contributed by atoms with Crippen LogP contribution in [0, 0.1) is 40.4 Å². The molecule has 1 unspecified atom stereocenters. The lowest BCUT2D eigenvalue weighted by Gasteiger charge is -2.60.